The largest absolute Gasteiger partial charge is 0.370 e. The first-order valence-electron chi connectivity index (χ1n) is 6.94. The SMILES string of the molecule is Cc1[nH]nc2c1c(=O)n(CCCC(N)=O)c1ccc(Br)cc21. The topological polar surface area (TPSA) is 93.8 Å². The number of halogens is 1. The van der Waals surface area contributed by atoms with Crippen molar-refractivity contribution in [3.8, 4) is 0 Å². The first kappa shape index (κ1) is 14.8. The maximum Gasteiger partial charge on any atom is 0.262 e. The summed E-state index contributed by atoms with van der Waals surface area (Å²) in [5, 5.41) is 8.63. The van der Waals surface area contributed by atoms with Gasteiger partial charge in [0.15, 0.2) is 0 Å². The number of aromatic amines is 1. The third-order valence-corrected chi connectivity index (χ3v) is 4.21. The predicted molar refractivity (Wildman–Crippen MR) is 88.7 cm³/mol. The highest BCUT2D eigenvalue weighted by Crippen LogP contribution is 2.26. The Morgan fingerprint density at radius 1 is 1.45 bits per heavy atom. The Morgan fingerprint density at radius 2 is 2.23 bits per heavy atom. The van der Waals surface area contributed by atoms with Crippen molar-refractivity contribution in [2.75, 3.05) is 0 Å². The van der Waals surface area contributed by atoms with Crippen LogP contribution in [-0.4, -0.2) is 20.7 Å². The molecule has 1 amide bonds. The molecule has 0 aliphatic heterocycles. The van der Waals surface area contributed by atoms with E-state index in [9.17, 15) is 9.59 Å². The van der Waals surface area contributed by atoms with Crippen LogP contribution in [0, 0.1) is 6.92 Å². The number of fused-ring (bicyclic) bond motifs is 3. The molecule has 0 atom stereocenters. The second-order valence-electron chi connectivity index (χ2n) is 5.26. The van der Waals surface area contributed by atoms with Gasteiger partial charge in [-0.25, -0.2) is 0 Å². The van der Waals surface area contributed by atoms with Crippen LogP contribution in [0.3, 0.4) is 0 Å². The normalized spacial score (nSPS) is 11.4. The first-order chi connectivity index (χ1) is 10.5. The van der Waals surface area contributed by atoms with Gasteiger partial charge < -0.3 is 10.3 Å². The van der Waals surface area contributed by atoms with Crippen LogP contribution in [-0.2, 0) is 11.3 Å². The monoisotopic (exact) mass is 362 g/mol. The van der Waals surface area contributed by atoms with Crippen LogP contribution in [0.4, 0.5) is 0 Å². The standard InChI is InChI=1S/C15H15BrN4O2/c1-8-13-14(19-18-8)10-7-9(16)4-5-11(10)20(15(13)22)6-2-3-12(17)21/h4-5,7H,2-3,6H2,1H3,(H2,17,21)(H,18,19). The van der Waals surface area contributed by atoms with Gasteiger partial charge in [0.2, 0.25) is 5.91 Å². The summed E-state index contributed by atoms with van der Waals surface area (Å²) < 4.78 is 2.61. The lowest BCUT2D eigenvalue weighted by Gasteiger charge is -2.11. The molecule has 0 aliphatic carbocycles. The summed E-state index contributed by atoms with van der Waals surface area (Å²) in [6.07, 6.45) is 0.787. The van der Waals surface area contributed by atoms with Crippen LogP contribution < -0.4 is 11.3 Å². The van der Waals surface area contributed by atoms with Crippen LogP contribution in [0.5, 0.6) is 0 Å². The number of nitrogens with zero attached hydrogens (tertiary/aromatic N) is 2. The lowest BCUT2D eigenvalue weighted by atomic mass is 10.1. The molecule has 0 fully saturated rings. The van der Waals surface area contributed by atoms with Crippen molar-refractivity contribution in [2.45, 2.75) is 26.3 Å². The van der Waals surface area contributed by atoms with Gasteiger partial charge in [-0.15, -0.1) is 0 Å². The molecular formula is C15H15BrN4O2. The van der Waals surface area contributed by atoms with Gasteiger partial charge in [0.05, 0.1) is 10.9 Å². The van der Waals surface area contributed by atoms with Gasteiger partial charge in [-0.05, 0) is 31.5 Å². The molecule has 0 radical (unpaired) electrons. The highest BCUT2D eigenvalue weighted by atomic mass is 79.9. The summed E-state index contributed by atoms with van der Waals surface area (Å²) in [4.78, 5) is 23.7. The molecule has 114 valence electrons. The molecule has 3 rings (SSSR count). The number of nitrogens with one attached hydrogen (secondary N) is 1. The van der Waals surface area contributed by atoms with Crippen molar-refractivity contribution in [3.05, 3.63) is 38.7 Å². The third-order valence-electron chi connectivity index (χ3n) is 3.72. The average molecular weight is 363 g/mol. The average Bonchev–Trinajstić information content (AvgIpc) is 2.85. The highest BCUT2D eigenvalue weighted by Gasteiger charge is 2.15. The van der Waals surface area contributed by atoms with E-state index in [1.807, 2.05) is 25.1 Å². The van der Waals surface area contributed by atoms with Gasteiger partial charge >= 0.3 is 0 Å². The van der Waals surface area contributed by atoms with E-state index in [1.165, 1.54) is 0 Å². The van der Waals surface area contributed by atoms with E-state index in [2.05, 4.69) is 26.1 Å². The van der Waals surface area contributed by atoms with Gasteiger partial charge in [-0.2, -0.15) is 5.10 Å². The van der Waals surface area contributed by atoms with Crippen LogP contribution in [0.15, 0.2) is 27.5 Å². The molecule has 0 saturated carbocycles. The number of H-pyrrole nitrogens is 1. The third kappa shape index (κ3) is 2.41. The lowest BCUT2D eigenvalue weighted by Crippen LogP contribution is -2.22. The number of aryl methyl sites for hydroxylation is 2. The van der Waals surface area contributed by atoms with Crippen LogP contribution >= 0.6 is 15.9 Å². The predicted octanol–water partition coefficient (Wildman–Crippen LogP) is 2.21. The van der Waals surface area contributed by atoms with E-state index in [-0.39, 0.29) is 17.9 Å². The van der Waals surface area contributed by atoms with E-state index in [1.54, 1.807) is 4.57 Å². The second kappa shape index (κ2) is 5.57. The van der Waals surface area contributed by atoms with E-state index in [4.69, 9.17) is 5.73 Å². The minimum absolute atomic E-state index is 0.0967. The van der Waals surface area contributed by atoms with Gasteiger partial charge in [-0.3, -0.25) is 14.7 Å². The summed E-state index contributed by atoms with van der Waals surface area (Å²) >= 11 is 3.45. The molecule has 7 heteroatoms. The minimum Gasteiger partial charge on any atom is -0.370 e. The minimum atomic E-state index is -0.360. The number of amides is 1. The number of carbonyl (C=O) groups excluding carboxylic acids is 1. The molecule has 0 saturated heterocycles. The van der Waals surface area contributed by atoms with E-state index in [0.29, 0.717) is 23.9 Å². The van der Waals surface area contributed by atoms with Crippen molar-refractivity contribution in [1.29, 1.82) is 0 Å². The number of primary amides is 1. The maximum atomic E-state index is 12.8. The fourth-order valence-electron chi connectivity index (χ4n) is 2.70. The number of nitrogens with two attached hydrogens (primary N) is 1. The van der Waals surface area contributed by atoms with Crippen molar-refractivity contribution >= 4 is 43.6 Å². The Labute approximate surface area is 134 Å². The van der Waals surface area contributed by atoms with Crippen molar-refractivity contribution in [1.82, 2.24) is 14.8 Å². The zero-order valence-corrected chi connectivity index (χ0v) is 13.6. The summed E-state index contributed by atoms with van der Waals surface area (Å²) in [6.45, 7) is 2.27. The van der Waals surface area contributed by atoms with Crippen molar-refractivity contribution in [3.63, 3.8) is 0 Å². The van der Waals surface area contributed by atoms with Crippen molar-refractivity contribution in [2.24, 2.45) is 5.73 Å². The lowest BCUT2D eigenvalue weighted by molar-refractivity contribution is -0.118. The molecule has 3 N–H and O–H groups in total. The van der Waals surface area contributed by atoms with Crippen LogP contribution in [0.1, 0.15) is 18.5 Å². The number of rotatable bonds is 4. The van der Waals surface area contributed by atoms with Gasteiger partial charge in [-0.1, -0.05) is 15.9 Å². The molecule has 0 unspecified atom stereocenters. The number of hydrogen-bond donors (Lipinski definition) is 2. The molecule has 0 spiro atoms. The Morgan fingerprint density at radius 3 is 2.95 bits per heavy atom. The number of aromatic nitrogens is 3. The van der Waals surface area contributed by atoms with E-state index >= 15 is 0 Å². The fraction of sp³-hybridized carbons (Fsp3) is 0.267. The fourth-order valence-corrected chi connectivity index (χ4v) is 3.06. The maximum absolute atomic E-state index is 12.8. The van der Waals surface area contributed by atoms with Gasteiger partial charge in [0.25, 0.3) is 5.56 Å². The number of hydrogen-bond acceptors (Lipinski definition) is 3. The summed E-state index contributed by atoms with van der Waals surface area (Å²) in [5.74, 6) is -0.360. The molecule has 0 aliphatic rings. The summed E-state index contributed by atoms with van der Waals surface area (Å²) in [7, 11) is 0. The molecule has 22 heavy (non-hydrogen) atoms. The smallest absolute Gasteiger partial charge is 0.262 e. The highest BCUT2D eigenvalue weighted by molar-refractivity contribution is 9.10. The number of pyridine rings is 1. The van der Waals surface area contributed by atoms with Gasteiger partial charge in [0, 0.05) is 28.5 Å². The van der Waals surface area contributed by atoms with Crippen LogP contribution in [0.2, 0.25) is 0 Å². The Kier molecular flexibility index (Phi) is 3.74. The Balaban J connectivity index is 2.27. The van der Waals surface area contributed by atoms with Gasteiger partial charge in [0.1, 0.15) is 5.52 Å². The summed E-state index contributed by atoms with van der Waals surface area (Å²) in [6, 6.07) is 5.72. The Bertz CT molecular complexity index is 942. The molecular weight excluding hydrogens is 348 g/mol. The molecule has 1 aromatic carbocycles. The number of benzene rings is 1. The quantitative estimate of drug-likeness (QED) is 0.744. The molecule has 6 nitrogen and oxygen atoms in total. The zero-order chi connectivity index (χ0) is 15.9. The molecule has 2 heterocycles. The van der Waals surface area contributed by atoms with E-state index < -0.39 is 0 Å². The molecule has 2 aromatic heterocycles. The first-order valence-corrected chi connectivity index (χ1v) is 7.73. The summed E-state index contributed by atoms with van der Waals surface area (Å²) in [5.41, 5.74) is 7.30. The van der Waals surface area contributed by atoms with Crippen molar-refractivity contribution < 1.29 is 4.79 Å². The second-order valence-corrected chi connectivity index (χ2v) is 6.18. The van der Waals surface area contributed by atoms with E-state index in [0.717, 1.165) is 21.1 Å². The number of carbonyl (C=O) groups is 1. The molecule has 3 aromatic rings. The zero-order valence-electron chi connectivity index (χ0n) is 12.0. The Hall–Kier alpha value is -2.15. The van der Waals surface area contributed by atoms with Crippen LogP contribution in [0.25, 0.3) is 21.8 Å². The molecule has 0 bridgehead atoms.